The molecule has 0 aliphatic rings. The van der Waals surface area contributed by atoms with Gasteiger partial charge < -0.3 is 19.3 Å². The second-order valence-electron chi connectivity index (χ2n) is 5.17. The highest BCUT2D eigenvalue weighted by molar-refractivity contribution is 5.96. The molecule has 0 fully saturated rings. The Labute approximate surface area is 139 Å². The number of nitrogens with zero attached hydrogens (tertiary/aromatic N) is 3. The van der Waals surface area contributed by atoms with E-state index in [-0.39, 0.29) is 19.1 Å². The van der Waals surface area contributed by atoms with E-state index in [2.05, 4.69) is 10.1 Å². The predicted molar refractivity (Wildman–Crippen MR) is 83.6 cm³/mol. The first-order chi connectivity index (χ1) is 11.5. The van der Waals surface area contributed by atoms with Gasteiger partial charge >= 0.3 is 5.97 Å². The molecule has 0 aliphatic heterocycles. The molecule has 1 aromatic heterocycles. The number of aromatic nitrogens is 2. The van der Waals surface area contributed by atoms with Crippen LogP contribution in [0.2, 0.25) is 0 Å². The third kappa shape index (κ3) is 4.80. The van der Waals surface area contributed by atoms with Crippen LogP contribution in [0.15, 0.2) is 28.8 Å². The number of aryl methyl sites for hydroxylation is 1. The maximum atomic E-state index is 12.5. The molecule has 1 amide bonds. The van der Waals surface area contributed by atoms with Crippen LogP contribution in [0.1, 0.15) is 35.4 Å². The van der Waals surface area contributed by atoms with Crippen molar-refractivity contribution in [2.24, 2.45) is 0 Å². The normalized spacial score (nSPS) is 10.4. The van der Waals surface area contributed by atoms with Gasteiger partial charge in [0, 0.05) is 19.0 Å². The average Bonchev–Trinajstić information content (AvgIpc) is 2.97. The van der Waals surface area contributed by atoms with Crippen molar-refractivity contribution in [1.29, 1.82) is 0 Å². The molecule has 1 heterocycles. The van der Waals surface area contributed by atoms with Crippen LogP contribution in [-0.2, 0) is 11.4 Å². The van der Waals surface area contributed by atoms with Crippen molar-refractivity contribution in [3.63, 3.8) is 0 Å². The second kappa shape index (κ2) is 8.09. The fraction of sp³-hybridized carbons (Fsp3) is 0.375. The molecular weight excluding hydrogens is 314 g/mol. The average molecular weight is 333 g/mol. The topological polar surface area (TPSA) is 106 Å². The van der Waals surface area contributed by atoms with E-state index < -0.39 is 5.97 Å². The van der Waals surface area contributed by atoms with Gasteiger partial charge in [-0.2, -0.15) is 4.98 Å². The summed E-state index contributed by atoms with van der Waals surface area (Å²) < 4.78 is 10.4. The van der Waals surface area contributed by atoms with Crippen molar-refractivity contribution in [3.8, 4) is 5.75 Å². The van der Waals surface area contributed by atoms with Gasteiger partial charge in [-0.05, 0) is 24.6 Å². The zero-order valence-corrected chi connectivity index (χ0v) is 13.6. The van der Waals surface area contributed by atoms with Crippen LogP contribution in [0.25, 0.3) is 0 Å². The minimum atomic E-state index is -1.04. The lowest BCUT2D eigenvalue weighted by Gasteiger charge is -2.20. The van der Waals surface area contributed by atoms with E-state index in [4.69, 9.17) is 14.4 Å². The number of carbonyl (C=O) groups excluding carboxylic acids is 1. The van der Waals surface area contributed by atoms with Gasteiger partial charge in [0.25, 0.3) is 5.91 Å². The molecule has 128 valence electrons. The standard InChI is InChI=1S/C16H19N3O5/c1-3-7-19(9-15(20)21)16(22)12-5-4-6-13(8-12)23-10-14-17-11(2)24-18-14/h4-6,8H,3,7,9-10H2,1-2H3,(H,20,21). The Balaban J connectivity index is 2.07. The zero-order valence-electron chi connectivity index (χ0n) is 13.6. The van der Waals surface area contributed by atoms with Gasteiger partial charge in [-0.1, -0.05) is 18.1 Å². The second-order valence-corrected chi connectivity index (χ2v) is 5.17. The lowest BCUT2D eigenvalue weighted by atomic mass is 10.2. The van der Waals surface area contributed by atoms with Gasteiger partial charge in [-0.15, -0.1) is 0 Å². The van der Waals surface area contributed by atoms with Gasteiger partial charge in [0.1, 0.15) is 12.3 Å². The molecule has 0 bridgehead atoms. The Bertz CT molecular complexity index is 713. The van der Waals surface area contributed by atoms with Crippen molar-refractivity contribution in [2.75, 3.05) is 13.1 Å². The third-order valence-electron chi connectivity index (χ3n) is 3.13. The van der Waals surface area contributed by atoms with Crippen LogP contribution in [0.3, 0.4) is 0 Å². The summed E-state index contributed by atoms with van der Waals surface area (Å²) in [6.45, 7) is 3.72. The predicted octanol–water partition coefficient (Wildman–Crippen LogP) is 1.89. The van der Waals surface area contributed by atoms with E-state index in [0.29, 0.717) is 36.0 Å². The molecule has 0 saturated heterocycles. The summed E-state index contributed by atoms with van der Waals surface area (Å²) in [6.07, 6.45) is 0.673. The first kappa shape index (κ1) is 17.5. The van der Waals surface area contributed by atoms with Gasteiger partial charge in [0.2, 0.25) is 11.7 Å². The Morgan fingerprint density at radius 2 is 2.17 bits per heavy atom. The highest BCUT2D eigenvalue weighted by Gasteiger charge is 2.18. The van der Waals surface area contributed by atoms with E-state index >= 15 is 0 Å². The largest absolute Gasteiger partial charge is 0.485 e. The van der Waals surface area contributed by atoms with E-state index in [1.165, 1.54) is 4.90 Å². The fourth-order valence-electron chi connectivity index (χ4n) is 2.13. The lowest BCUT2D eigenvalue weighted by molar-refractivity contribution is -0.137. The van der Waals surface area contributed by atoms with Gasteiger partial charge in [0.05, 0.1) is 0 Å². The number of hydrogen-bond donors (Lipinski definition) is 1. The van der Waals surface area contributed by atoms with Crippen LogP contribution in [0.5, 0.6) is 5.75 Å². The molecule has 8 heteroatoms. The first-order valence-electron chi connectivity index (χ1n) is 7.52. The van der Waals surface area contributed by atoms with E-state index in [1.54, 1.807) is 31.2 Å². The SMILES string of the molecule is CCCN(CC(=O)O)C(=O)c1cccc(OCc2noc(C)n2)c1. The molecule has 8 nitrogen and oxygen atoms in total. The number of benzene rings is 1. The number of carboxylic acids is 1. The summed E-state index contributed by atoms with van der Waals surface area (Å²) >= 11 is 0. The van der Waals surface area contributed by atoms with Gasteiger partial charge in [-0.25, -0.2) is 0 Å². The lowest BCUT2D eigenvalue weighted by Crippen LogP contribution is -2.36. The summed E-state index contributed by atoms with van der Waals surface area (Å²) in [5.74, 6) is -0.0732. The van der Waals surface area contributed by atoms with E-state index in [1.807, 2.05) is 6.92 Å². The highest BCUT2D eigenvalue weighted by atomic mass is 16.5. The van der Waals surface area contributed by atoms with Gasteiger partial charge in [0.15, 0.2) is 6.61 Å². The van der Waals surface area contributed by atoms with Crippen LogP contribution in [0, 0.1) is 6.92 Å². The summed E-state index contributed by atoms with van der Waals surface area (Å²) in [4.78, 5) is 28.7. The molecule has 0 unspecified atom stereocenters. The third-order valence-corrected chi connectivity index (χ3v) is 3.13. The molecule has 0 radical (unpaired) electrons. The smallest absolute Gasteiger partial charge is 0.323 e. The first-order valence-corrected chi connectivity index (χ1v) is 7.52. The Hall–Kier alpha value is -2.90. The van der Waals surface area contributed by atoms with Crippen molar-refractivity contribution in [2.45, 2.75) is 26.9 Å². The van der Waals surface area contributed by atoms with Crippen molar-refractivity contribution < 1.29 is 24.0 Å². The maximum absolute atomic E-state index is 12.5. The minimum Gasteiger partial charge on any atom is -0.485 e. The number of rotatable bonds is 8. The minimum absolute atomic E-state index is 0.114. The van der Waals surface area contributed by atoms with E-state index in [0.717, 1.165) is 0 Å². The number of amides is 1. The fourth-order valence-corrected chi connectivity index (χ4v) is 2.13. The molecule has 0 saturated carbocycles. The number of aliphatic carboxylic acids is 1. The number of carboxylic acid groups (broad SMARTS) is 1. The van der Waals surface area contributed by atoms with E-state index in [9.17, 15) is 9.59 Å². The molecule has 2 aromatic rings. The summed E-state index contributed by atoms with van der Waals surface area (Å²) in [5, 5.41) is 12.7. The molecule has 0 aliphatic carbocycles. The number of ether oxygens (including phenoxy) is 1. The summed E-state index contributed by atoms with van der Waals surface area (Å²) in [6, 6.07) is 6.57. The van der Waals surface area contributed by atoms with Crippen LogP contribution < -0.4 is 4.74 Å². The molecule has 0 atom stereocenters. The summed E-state index contributed by atoms with van der Waals surface area (Å²) in [7, 11) is 0. The van der Waals surface area contributed by atoms with Crippen molar-refractivity contribution in [3.05, 3.63) is 41.5 Å². The molecule has 0 spiro atoms. The van der Waals surface area contributed by atoms with Crippen molar-refractivity contribution >= 4 is 11.9 Å². The van der Waals surface area contributed by atoms with Crippen LogP contribution in [-0.4, -0.2) is 45.1 Å². The number of carbonyl (C=O) groups is 2. The Kier molecular flexibility index (Phi) is 5.89. The zero-order chi connectivity index (χ0) is 17.5. The Morgan fingerprint density at radius 3 is 2.79 bits per heavy atom. The molecule has 2 rings (SSSR count). The van der Waals surface area contributed by atoms with Crippen LogP contribution >= 0.6 is 0 Å². The highest BCUT2D eigenvalue weighted by Crippen LogP contribution is 2.16. The molecule has 1 N–H and O–H groups in total. The summed E-state index contributed by atoms with van der Waals surface area (Å²) in [5.41, 5.74) is 0.367. The van der Waals surface area contributed by atoms with Gasteiger partial charge in [-0.3, -0.25) is 9.59 Å². The quantitative estimate of drug-likeness (QED) is 0.786. The van der Waals surface area contributed by atoms with Crippen molar-refractivity contribution in [1.82, 2.24) is 15.0 Å². The monoisotopic (exact) mass is 333 g/mol. The number of hydrogen-bond acceptors (Lipinski definition) is 6. The molecule has 24 heavy (non-hydrogen) atoms. The molecular formula is C16H19N3O5. The molecule has 1 aromatic carbocycles. The van der Waals surface area contributed by atoms with Crippen LogP contribution in [0.4, 0.5) is 0 Å². The maximum Gasteiger partial charge on any atom is 0.323 e. The Morgan fingerprint density at radius 1 is 1.38 bits per heavy atom.